The van der Waals surface area contributed by atoms with Gasteiger partial charge in [0.05, 0.1) is 6.54 Å². The van der Waals surface area contributed by atoms with Crippen molar-refractivity contribution in [1.29, 1.82) is 0 Å². The zero-order valence-electron chi connectivity index (χ0n) is 17.4. The minimum absolute atomic E-state index is 0.156. The van der Waals surface area contributed by atoms with Crippen LogP contribution in [-0.4, -0.2) is 44.2 Å². The molecule has 4 rings (SSSR count). The number of rotatable bonds is 6. The van der Waals surface area contributed by atoms with Crippen molar-refractivity contribution in [3.8, 4) is 28.7 Å². The maximum atomic E-state index is 12.3. The van der Waals surface area contributed by atoms with E-state index in [1.165, 1.54) is 31.3 Å². The van der Waals surface area contributed by atoms with Crippen molar-refractivity contribution in [2.24, 2.45) is 0 Å². The van der Waals surface area contributed by atoms with Crippen LogP contribution in [0.2, 0.25) is 0 Å². The third-order valence-electron chi connectivity index (χ3n) is 4.59. The molecule has 0 saturated carbocycles. The van der Waals surface area contributed by atoms with Gasteiger partial charge < -0.3 is 14.6 Å². The Kier molecular flexibility index (Phi) is 5.82. The summed E-state index contributed by atoms with van der Waals surface area (Å²) in [6.45, 7) is 2.24. The molecule has 4 aromatic rings. The van der Waals surface area contributed by atoms with Crippen LogP contribution in [0.25, 0.3) is 23.0 Å². The van der Waals surface area contributed by atoms with Gasteiger partial charge in [0.25, 0.3) is 11.8 Å². The van der Waals surface area contributed by atoms with Crippen LogP contribution < -0.4 is 10.1 Å². The summed E-state index contributed by atoms with van der Waals surface area (Å²) in [4.78, 5) is 20.1. The van der Waals surface area contributed by atoms with Gasteiger partial charge in [0.1, 0.15) is 11.4 Å². The summed E-state index contributed by atoms with van der Waals surface area (Å²) in [6.07, 6.45) is -3.22. The maximum Gasteiger partial charge on any atom is 0.573 e. The van der Waals surface area contributed by atoms with Crippen molar-refractivity contribution in [2.75, 3.05) is 7.05 Å². The van der Waals surface area contributed by atoms with Crippen LogP contribution >= 0.6 is 0 Å². The number of aromatic nitrogens is 5. The van der Waals surface area contributed by atoms with Crippen molar-refractivity contribution in [3.05, 3.63) is 65.6 Å². The van der Waals surface area contributed by atoms with Crippen LogP contribution in [0, 0.1) is 6.92 Å². The lowest BCUT2D eigenvalue weighted by Crippen LogP contribution is -2.19. The molecule has 0 spiro atoms. The molecule has 1 N–H and O–H groups in total. The predicted molar refractivity (Wildman–Crippen MR) is 109 cm³/mol. The first-order valence-corrected chi connectivity index (χ1v) is 9.63. The molecule has 9 nitrogen and oxygen atoms in total. The third-order valence-corrected chi connectivity index (χ3v) is 4.59. The minimum Gasteiger partial charge on any atom is -0.406 e. The number of pyridine rings is 1. The molecule has 3 heterocycles. The van der Waals surface area contributed by atoms with E-state index in [0.717, 1.165) is 11.3 Å². The fourth-order valence-electron chi connectivity index (χ4n) is 3.02. The van der Waals surface area contributed by atoms with E-state index in [9.17, 15) is 18.0 Å². The van der Waals surface area contributed by atoms with Gasteiger partial charge in [0, 0.05) is 24.5 Å². The maximum absolute atomic E-state index is 12.3. The highest BCUT2D eigenvalue weighted by molar-refractivity contribution is 5.92. The van der Waals surface area contributed by atoms with Gasteiger partial charge >= 0.3 is 6.36 Å². The van der Waals surface area contributed by atoms with Crippen LogP contribution in [-0.2, 0) is 6.54 Å². The number of halogens is 3. The van der Waals surface area contributed by atoms with E-state index in [4.69, 9.17) is 4.52 Å². The van der Waals surface area contributed by atoms with Gasteiger partial charge in [-0.3, -0.25) is 14.5 Å². The Bertz CT molecular complexity index is 1280. The first-order chi connectivity index (χ1) is 15.7. The normalized spacial score (nSPS) is 11.4. The van der Waals surface area contributed by atoms with Gasteiger partial charge in [-0.05, 0) is 55.0 Å². The summed E-state index contributed by atoms with van der Waals surface area (Å²) in [5, 5.41) is 10.9. The van der Waals surface area contributed by atoms with E-state index in [2.05, 4.69) is 30.3 Å². The molecule has 1 aromatic carbocycles. The number of carbonyl (C=O) groups excluding carboxylic acids is 1. The average Bonchev–Trinajstić information content (AvgIpc) is 3.40. The van der Waals surface area contributed by atoms with Crippen molar-refractivity contribution in [3.63, 3.8) is 0 Å². The van der Waals surface area contributed by atoms with Crippen LogP contribution in [0.15, 0.2) is 53.2 Å². The van der Waals surface area contributed by atoms with E-state index in [1.54, 1.807) is 29.1 Å². The van der Waals surface area contributed by atoms with Crippen molar-refractivity contribution < 1.29 is 27.2 Å². The van der Waals surface area contributed by atoms with Crippen molar-refractivity contribution in [1.82, 2.24) is 30.2 Å². The molecule has 0 unspecified atom stereocenters. The van der Waals surface area contributed by atoms with Crippen LogP contribution in [0.3, 0.4) is 0 Å². The summed E-state index contributed by atoms with van der Waals surface area (Å²) >= 11 is 0. The second kappa shape index (κ2) is 8.73. The Morgan fingerprint density at radius 1 is 1.18 bits per heavy atom. The molecule has 1 amide bonds. The number of benzene rings is 1. The van der Waals surface area contributed by atoms with E-state index >= 15 is 0 Å². The zero-order chi connectivity index (χ0) is 23.6. The molecular weight excluding hydrogens is 441 g/mol. The average molecular weight is 458 g/mol. The van der Waals surface area contributed by atoms with Gasteiger partial charge in [-0.1, -0.05) is 5.16 Å². The summed E-state index contributed by atoms with van der Waals surface area (Å²) < 4.78 is 47.8. The number of amides is 1. The number of hydrogen-bond donors (Lipinski definition) is 1. The Labute approximate surface area is 185 Å². The number of alkyl halides is 3. The molecule has 0 aliphatic heterocycles. The number of nitrogens with zero attached hydrogens (tertiary/aromatic N) is 5. The lowest BCUT2D eigenvalue weighted by atomic mass is 10.2. The summed E-state index contributed by atoms with van der Waals surface area (Å²) in [6, 6.07) is 10.3. The van der Waals surface area contributed by atoms with Crippen LogP contribution in [0.4, 0.5) is 13.2 Å². The topological polar surface area (TPSA) is 108 Å². The molecule has 12 heteroatoms. The molecule has 0 atom stereocenters. The molecule has 0 aliphatic carbocycles. The SMILES string of the molecule is CNC(=O)c1cc(Cn2nc(-c3nc(-c4ccc(OC(F)(F)F)cc4)no3)cc2C)ccn1. The van der Waals surface area contributed by atoms with E-state index in [1.807, 2.05) is 6.92 Å². The molecular formula is C21H17F3N6O3. The Morgan fingerprint density at radius 2 is 1.94 bits per heavy atom. The lowest BCUT2D eigenvalue weighted by Gasteiger charge is -2.08. The van der Waals surface area contributed by atoms with Gasteiger partial charge in [-0.25, -0.2) is 0 Å². The number of nitrogens with one attached hydrogen (secondary N) is 1. The first-order valence-electron chi connectivity index (χ1n) is 9.63. The number of hydrogen-bond acceptors (Lipinski definition) is 7. The molecule has 0 fully saturated rings. The summed E-state index contributed by atoms with van der Waals surface area (Å²) in [5.74, 6) is -0.283. The third kappa shape index (κ3) is 5.17. The van der Waals surface area contributed by atoms with E-state index in [-0.39, 0.29) is 23.4 Å². The van der Waals surface area contributed by atoms with Crippen LogP contribution in [0.5, 0.6) is 5.75 Å². The van der Waals surface area contributed by atoms with E-state index in [0.29, 0.717) is 23.5 Å². The molecule has 0 radical (unpaired) electrons. The Balaban J connectivity index is 1.52. The summed E-state index contributed by atoms with van der Waals surface area (Å²) in [5.41, 5.74) is 2.83. The molecule has 170 valence electrons. The van der Waals surface area contributed by atoms with E-state index < -0.39 is 6.36 Å². The van der Waals surface area contributed by atoms with Crippen LogP contribution in [0.1, 0.15) is 21.7 Å². The number of aryl methyl sites for hydroxylation is 1. The Hall–Kier alpha value is -4.22. The van der Waals surface area contributed by atoms with Gasteiger partial charge in [0.15, 0.2) is 5.69 Å². The highest BCUT2D eigenvalue weighted by Crippen LogP contribution is 2.27. The standard InChI is InChI=1S/C21H17F3N6O3/c1-12-9-17(28-30(12)11-13-7-8-26-16(10-13)19(31)25-2)20-27-18(29-33-20)14-3-5-15(6-4-14)32-21(22,23)24/h3-10H,11H2,1-2H3,(H,25,31). The second-order valence-electron chi connectivity index (χ2n) is 6.95. The molecule has 33 heavy (non-hydrogen) atoms. The number of ether oxygens (including phenoxy) is 1. The van der Waals surface area contributed by atoms with Gasteiger partial charge in [-0.15, -0.1) is 13.2 Å². The van der Waals surface area contributed by atoms with Crippen molar-refractivity contribution >= 4 is 5.91 Å². The Morgan fingerprint density at radius 3 is 2.64 bits per heavy atom. The smallest absolute Gasteiger partial charge is 0.406 e. The van der Waals surface area contributed by atoms with Gasteiger partial charge in [-0.2, -0.15) is 10.1 Å². The highest BCUT2D eigenvalue weighted by atomic mass is 19.4. The fraction of sp³-hybridized carbons (Fsp3) is 0.190. The molecule has 0 aliphatic rings. The molecule has 3 aromatic heterocycles. The summed E-state index contributed by atoms with van der Waals surface area (Å²) in [7, 11) is 1.53. The first kappa shape index (κ1) is 22.0. The monoisotopic (exact) mass is 458 g/mol. The minimum atomic E-state index is -4.77. The van der Waals surface area contributed by atoms with Gasteiger partial charge in [0.2, 0.25) is 5.82 Å². The van der Waals surface area contributed by atoms with Crippen molar-refractivity contribution in [2.45, 2.75) is 19.8 Å². The number of carbonyl (C=O) groups is 1. The molecule has 0 saturated heterocycles. The fourth-order valence-corrected chi connectivity index (χ4v) is 3.02. The second-order valence-corrected chi connectivity index (χ2v) is 6.95. The largest absolute Gasteiger partial charge is 0.573 e. The lowest BCUT2D eigenvalue weighted by molar-refractivity contribution is -0.274. The predicted octanol–water partition coefficient (Wildman–Crippen LogP) is 3.61. The molecule has 0 bridgehead atoms. The quantitative estimate of drug-likeness (QED) is 0.470. The highest BCUT2D eigenvalue weighted by Gasteiger charge is 2.31. The zero-order valence-corrected chi connectivity index (χ0v) is 17.4.